The second-order valence-corrected chi connectivity index (χ2v) is 8.29. The van der Waals surface area contributed by atoms with Gasteiger partial charge in [0.15, 0.2) is 11.5 Å². The Bertz CT molecular complexity index is 1040. The summed E-state index contributed by atoms with van der Waals surface area (Å²) in [5.41, 5.74) is 1.70. The number of nitrogens with one attached hydrogen (secondary N) is 1. The van der Waals surface area contributed by atoms with Gasteiger partial charge in [-0.2, -0.15) is 0 Å². The Morgan fingerprint density at radius 3 is 2.48 bits per heavy atom. The maximum atomic E-state index is 6.18. The maximum Gasteiger partial charge on any atom is 0.163 e. The van der Waals surface area contributed by atoms with Crippen molar-refractivity contribution in [2.75, 3.05) is 59.5 Å². The van der Waals surface area contributed by atoms with Gasteiger partial charge in [-0.1, -0.05) is 0 Å². The predicted octanol–water partition coefficient (Wildman–Crippen LogP) is 4.13. The summed E-state index contributed by atoms with van der Waals surface area (Å²) in [7, 11) is 5.48. The van der Waals surface area contributed by atoms with Crippen molar-refractivity contribution < 1.29 is 18.9 Å². The van der Waals surface area contributed by atoms with Crippen molar-refractivity contribution in [3.05, 3.63) is 42.7 Å². The lowest BCUT2D eigenvalue weighted by molar-refractivity contribution is 0.146. The third kappa shape index (κ3) is 6.03. The fourth-order valence-corrected chi connectivity index (χ4v) is 3.89. The third-order valence-corrected chi connectivity index (χ3v) is 5.91. The number of methoxy groups -OCH3 is 2. The van der Waals surface area contributed by atoms with Crippen LogP contribution < -0.4 is 19.5 Å². The van der Waals surface area contributed by atoms with E-state index in [2.05, 4.69) is 27.2 Å². The van der Waals surface area contributed by atoms with E-state index < -0.39 is 0 Å². The third-order valence-electron chi connectivity index (χ3n) is 5.91. The zero-order valence-corrected chi connectivity index (χ0v) is 19.5. The topological polar surface area (TPSA) is 78.0 Å². The van der Waals surface area contributed by atoms with Gasteiger partial charge in [-0.25, -0.2) is 9.97 Å². The Hall–Kier alpha value is -3.10. The van der Waals surface area contributed by atoms with Crippen LogP contribution in [0.5, 0.6) is 17.2 Å². The van der Waals surface area contributed by atoms with Crippen LogP contribution in [-0.4, -0.2) is 69.0 Å². The maximum absolute atomic E-state index is 6.18. The molecule has 1 fully saturated rings. The first-order valence-corrected chi connectivity index (χ1v) is 11.3. The van der Waals surface area contributed by atoms with E-state index in [9.17, 15) is 0 Å². The number of nitrogens with zero attached hydrogens (tertiary/aromatic N) is 3. The quantitative estimate of drug-likeness (QED) is 0.460. The van der Waals surface area contributed by atoms with Crippen LogP contribution in [0.1, 0.15) is 12.8 Å². The van der Waals surface area contributed by atoms with E-state index >= 15 is 0 Å². The number of benzene rings is 2. The molecule has 0 spiro atoms. The van der Waals surface area contributed by atoms with Gasteiger partial charge in [-0.15, -0.1) is 0 Å². The molecule has 1 saturated heterocycles. The molecule has 2 heterocycles. The lowest BCUT2D eigenvalue weighted by Gasteiger charge is -2.28. The second-order valence-electron chi connectivity index (χ2n) is 8.29. The van der Waals surface area contributed by atoms with Gasteiger partial charge in [0, 0.05) is 24.2 Å². The highest BCUT2D eigenvalue weighted by atomic mass is 16.5. The molecule has 8 nitrogen and oxygen atoms in total. The standard InChI is InChI=1S/C25H32N4O4/c1-29-10-8-18(9-11-29)16-33-24-15-22-21(14-23(24)31-3)25(27-17-26-22)28-19-4-6-20(7-5-19)32-13-12-30-2/h4-7,14-15,17-18H,8-13,16H2,1-3H3,(H,26,27,28). The monoisotopic (exact) mass is 452 g/mol. The van der Waals surface area contributed by atoms with Crippen LogP contribution in [0.25, 0.3) is 10.9 Å². The van der Waals surface area contributed by atoms with E-state index in [4.69, 9.17) is 18.9 Å². The lowest BCUT2D eigenvalue weighted by atomic mass is 9.98. The molecule has 2 aromatic carbocycles. The number of aromatic nitrogens is 2. The van der Waals surface area contributed by atoms with Gasteiger partial charge in [0.25, 0.3) is 0 Å². The van der Waals surface area contributed by atoms with Crippen LogP contribution >= 0.6 is 0 Å². The minimum Gasteiger partial charge on any atom is -0.493 e. The average molecular weight is 453 g/mol. The molecule has 0 unspecified atom stereocenters. The number of anilines is 2. The van der Waals surface area contributed by atoms with Crippen LogP contribution in [0, 0.1) is 5.92 Å². The van der Waals surface area contributed by atoms with Gasteiger partial charge >= 0.3 is 0 Å². The van der Waals surface area contributed by atoms with Crippen molar-refractivity contribution >= 4 is 22.4 Å². The number of ether oxygens (including phenoxy) is 4. The molecule has 3 aromatic rings. The minimum absolute atomic E-state index is 0.516. The summed E-state index contributed by atoms with van der Waals surface area (Å²) in [6.07, 6.45) is 3.86. The number of hydrogen-bond donors (Lipinski definition) is 1. The highest BCUT2D eigenvalue weighted by Gasteiger charge is 2.19. The molecule has 0 aliphatic carbocycles. The first kappa shape index (κ1) is 23.1. The molecular formula is C25H32N4O4. The van der Waals surface area contributed by atoms with Crippen molar-refractivity contribution in [1.82, 2.24) is 14.9 Å². The SMILES string of the molecule is COCCOc1ccc(Nc2ncnc3cc(OCC4CCN(C)CC4)c(OC)cc23)cc1. The van der Waals surface area contributed by atoms with Gasteiger partial charge in [0.1, 0.15) is 24.5 Å². The fraction of sp³-hybridized carbons (Fsp3) is 0.440. The van der Waals surface area contributed by atoms with Gasteiger partial charge in [0.2, 0.25) is 0 Å². The molecule has 1 aromatic heterocycles. The van der Waals surface area contributed by atoms with Crippen LogP contribution in [0.2, 0.25) is 0 Å². The summed E-state index contributed by atoms with van der Waals surface area (Å²) in [4.78, 5) is 11.3. The van der Waals surface area contributed by atoms with Crippen molar-refractivity contribution in [3.63, 3.8) is 0 Å². The van der Waals surface area contributed by atoms with Gasteiger partial charge in [-0.3, -0.25) is 0 Å². The molecule has 0 atom stereocenters. The Labute approximate surface area is 194 Å². The molecule has 8 heteroatoms. The minimum atomic E-state index is 0.516. The summed E-state index contributed by atoms with van der Waals surface area (Å²) in [6.45, 7) is 3.99. The largest absolute Gasteiger partial charge is 0.493 e. The number of likely N-dealkylation sites (tertiary alicyclic amines) is 1. The highest BCUT2D eigenvalue weighted by Crippen LogP contribution is 2.35. The molecule has 0 bridgehead atoms. The van der Waals surface area contributed by atoms with Gasteiger partial charge in [-0.05, 0) is 69.2 Å². The average Bonchev–Trinajstić information content (AvgIpc) is 2.84. The summed E-state index contributed by atoms with van der Waals surface area (Å²) in [6, 6.07) is 11.6. The Morgan fingerprint density at radius 2 is 1.76 bits per heavy atom. The molecule has 1 aliphatic heterocycles. The van der Waals surface area contributed by atoms with Gasteiger partial charge in [0.05, 0.1) is 25.8 Å². The van der Waals surface area contributed by atoms with E-state index in [1.165, 1.54) is 0 Å². The molecule has 4 rings (SSSR count). The van der Waals surface area contributed by atoms with Crippen LogP contribution in [0.4, 0.5) is 11.5 Å². The van der Waals surface area contributed by atoms with Crippen LogP contribution in [-0.2, 0) is 4.74 Å². The number of rotatable bonds is 10. The van der Waals surface area contributed by atoms with E-state index in [0.29, 0.717) is 43.1 Å². The van der Waals surface area contributed by atoms with E-state index in [0.717, 1.165) is 48.3 Å². The molecule has 0 amide bonds. The Morgan fingerprint density at radius 1 is 0.970 bits per heavy atom. The van der Waals surface area contributed by atoms with Gasteiger partial charge < -0.3 is 29.2 Å². The normalized spacial score (nSPS) is 14.9. The summed E-state index contributed by atoms with van der Waals surface area (Å²) < 4.78 is 22.4. The molecule has 0 saturated carbocycles. The molecule has 176 valence electrons. The molecule has 1 N–H and O–H groups in total. The summed E-state index contributed by atoms with van der Waals surface area (Å²) in [5.74, 6) is 3.44. The molecular weight excluding hydrogens is 420 g/mol. The highest BCUT2D eigenvalue weighted by molar-refractivity contribution is 5.93. The Kier molecular flexibility index (Phi) is 7.80. The first-order valence-electron chi connectivity index (χ1n) is 11.3. The smallest absolute Gasteiger partial charge is 0.163 e. The molecule has 33 heavy (non-hydrogen) atoms. The molecule has 1 aliphatic rings. The van der Waals surface area contributed by atoms with E-state index in [1.54, 1.807) is 20.5 Å². The van der Waals surface area contributed by atoms with E-state index in [1.807, 2.05) is 36.4 Å². The van der Waals surface area contributed by atoms with Crippen molar-refractivity contribution in [1.29, 1.82) is 0 Å². The van der Waals surface area contributed by atoms with Crippen molar-refractivity contribution in [3.8, 4) is 17.2 Å². The lowest BCUT2D eigenvalue weighted by Crippen LogP contribution is -2.32. The second kappa shape index (κ2) is 11.2. The van der Waals surface area contributed by atoms with Crippen molar-refractivity contribution in [2.45, 2.75) is 12.8 Å². The molecule has 0 radical (unpaired) electrons. The number of hydrogen-bond acceptors (Lipinski definition) is 8. The zero-order chi connectivity index (χ0) is 23.0. The van der Waals surface area contributed by atoms with Crippen LogP contribution in [0.3, 0.4) is 0 Å². The van der Waals surface area contributed by atoms with E-state index in [-0.39, 0.29) is 0 Å². The Balaban J connectivity index is 1.48. The summed E-state index contributed by atoms with van der Waals surface area (Å²) >= 11 is 0. The number of fused-ring (bicyclic) bond motifs is 1. The van der Waals surface area contributed by atoms with Crippen molar-refractivity contribution in [2.24, 2.45) is 5.92 Å². The number of piperidine rings is 1. The first-order chi connectivity index (χ1) is 16.2. The fourth-order valence-electron chi connectivity index (χ4n) is 3.89. The predicted molar refractivity (Wildman–Crippen MR) is 129 cm³/mol. The zero-order valence-electron chi connectivity index (χ0n) is 19.5. The summed E-state index contributed by atoms with van der Waals surface area (Å²) in [5, 5.41) is 4.23. The van der Waals surface area contributed by atoms with Crippen LogP contribution in [0.15, 0.2) is 42.7 Å².